The SMILES string of the molecule is Cc1nn(C)c(C)c1CC(=O)OCc1csc2ccccc12. The highest BCUT2D eigenvalue weighted by Crippen LogP contribution is 2.26. The number of fused-ring (bicyclic) bond motifs is 1. The molecule has 0 atom stereocenters. The van der Waals surface area contributed by atoms with Gasteiger partial charge in [-0.1, -0.05) is 18.2 Å². The highest BCUT2D eigenvalue weighted by Gasteiger charge is 2.15. The summed E-state index contributed by atoms with van der Waals surface area (Å²) in [6.07, 6.45) is 0.271. The Balaban J connectivity index is 1.68. The summed E-state index contributed by atoms with van der Waals surface area (Å²) in [6, 6.07) is 8.16. The molecule has 114 valence electrons. The molecule has 0 N–H and O–H groups in total. The van der Waals surface area contributed by atoms with Crippen LogP contribution in [0.4, 0.5) is 0 Å². The predicted molar refractivity (Wildman–Crippen MR) is 88.0 cm³/mol. The van der Waals surface area contributed by atoms with Crippen molar-refractivity contribution >= 4 is 27.4 Å². The second-order valence-corrected chi connectivity index (χ2v) is 6.28. The second kappa shape index (κ2) is 5.93. The molecule has 22 heavy (non-hydrogen) atoms. The number of hydrogen-bond acceptors (Lipinski definition) is 4. The molecule has 0 aliphatic rings. The van der Waals surface area contributed by atoms with Crippen LogP contribution in [-0.4, -0.2) is 15.7 Å². The summed E-state index contributed by atoms with van der Waals surface area (Å²) in [4.78, 5) is 12.1. The third-order valence-electron chi connectivity index (χ3n) is 3.93. The van der Waals surface area contributed by atoms with Gasteiger partial charge in [0.1, 0.15) is 6.61 Å². The summed E-state index contributed by atoms with van der Waals surface area (Å²) in [7, 11) is 1.88. The van der Waals surface area contributed by atoms with Crippen molar-refractivity contribution in [3.63, 3.8) is 0 Å². The molecule has 0 spiro atoms. The van der Waals surface area contributed by atoms with E-state index in [1.807, 2.05) is 33.0 Å². The van der Waals surface area contributed by atoms with E-state index < -0.39 is 0 Å². The van der Waals surface area contributed by atoms with Crippen LogP contribution in [0.15, 0.2) is 29.6 Å². The quantitative estimate of drug-likeness (QED) is 0.692. The van der Waals surface area contributed by atoms with E-state index in [0.29, 0.717) is 6.61 Å². The highest BCUT2D eigenvalue weighted by molar-refractivity contribution is 7.17. The zero-order valence-corrected chi connectivity index (χ0v) is 13.7. The molecule has 0 saturated heterocycles. The Morgan fingerprint density at radius 2 is 2.09 bits per heavy atom. The smallest absolute Gasteiger partial charge is 0.310 e. The first-order valence-electron chi connectivity index (χ1n) is 7.16. The molecular formula is C17H18N2O2S. The molecule has 0 amide bonds. The molecule has 0 radical (unpaired) electrons. The number of hydrogen-bond donors (Lipinski definition) is 0. The van der Waals surface area contributed by atoms with E-state index in [4.69, 9.17) is 4.74 Å². The first kappa shape index (κ1) is 14.8. The number of esters is 1. The molecule has 4 nitrogen and oxygen atoms in total. The fourth-order valence-electron chi connectivity index (χ4n) is 2.57. The monoisotopic (exact) mass is 314 g/mol. The number of thiophene rings is 1. The van der Waals surface area contributed by atoms with Crippen LogP contribution in [0.2, 0.25) is 0 Å². The Bertz CT molecular complexity index is 832. The standard InChI is InChI=1S/C17H18N2O2S/c1-11-15(12(2)19(3)18-11)8-17(20)21-9-13-10-22-16-7-5-4-6-14(13)16/h4-7,10H,8-9H2,1-3H3. The van der Waals surface area contributed by atoms with Gasteiger partial charge in [0.05, 0.1) is 12.1 Å². The average molecular weight is 314 g/mol. The molecular weight excluding hydrogens is 296 g/mol. The zero-order valence-electron chi connectivity index (χ0n) is 12.9. The third-order valence-corrected chi connectivity index (χ3v) is 4.94. The topological polar surface area (TPSA) is 44.1 Å². The summed E-state index contributed by atoms with van der Waals surface area (Å²) in [5, 5.41) is 7.54. The number of nitrogens with zero attached hydrogens (tertiary/aromatic N) is 2. The van der Waals surface area contributed by atoms with Gasteiger partial charge in [0.2, 0.25) is 0 Å². The van der Waals surface area contributed by atoms with Crippen LogP contribution >= 0.6 is 11.3 Å². The van der Waals surface area contributed by atoms with Gasteiger partial charge in [-0.05, 0) is 30.7 Å². The van der Waals surface area contributed by atoms with Crippen molar-refractivity contribution in [3.05, 3.63) is 52.2 Å². The molecule has 0 fully saturated rings. The number of aryl methyl sites for hydroxylation is 2. The molecule has 0 unspecified atom stereocenters. The number of aromatic nitrogens is 2. The van der Waals surface area contributed by atoms with E-state index in [0.717, 1.165) is 27.9 Å². The minimum absolute atomic E-state index is 0.213. The Hall–Kier alpha value is -2.14. The van der Waals surface area contributed by atoms with Gasteiger partial charge in [-0.2, -0.15) is 5.10 Å². The van der Waals surface area contributed by atoms with E-state index in [1.165, 1.54) is 4.70 Å². The lowest BCUT2D eigenvalue weighted by Crippen LogP contribution is -2.09. The second-order valence-electron chi connectivity index (χ2n) is 5.37. The van der Waals surface area contributed by atoms with Gasteiger partial charge in [-0.25, -0.2) is 0 Å². The normalized spacial score (nSPS) is 11.0. The van der Waals surface area contributed by atoms with Crippen molar-refractivity contribution in [2.45, 2.75) is 26.9 Å². The van der Waals surface area contributed by atoms with Crippen LogP contribution in [0.3, 0.4) is 0 Å². The maximum Gasteiger partial charge on any atom is 0.310 e. The fraction of sp³-hybridized carbons (Fsp3) is 0.294. The van der Waals surface area contributed by atoms with Crippen LogP contribution in [-0.2, 0) is 29.6 Å². The summed E-state index contributed by atoms with van der Waals surface area (Å²) < 4.78 is 8.46. The molecule has 0 aliphatic carbocycles. The Morgan fingerprint density at radius 3 is 2.82 bits per heavy atom. The van der Waals surface area contributed by atoms with Crippen molar-refractivity contribution in [2.75, 3.05) is 0 Å². The number of carbonyl (C=O) groups is 1. The summed E-state index contributed by atoms with van der Waals surface area (Å²) in [5.74, 6) is -0.213. The van der Waals surface area contributed by atoms with E-state index in [9.17, 15) is 4.79 Å². The van der Waals surface area contributed by atoms with Gasteiger partial charge >= 0.3 is 5.97 Å². The Morgan fingerprint density at radius 1 is 1.32 bits per heavy atom. The fourth-order valence-corrected chi connectivity index (χ4v) is 3.52. The molecule has 2 aromatic heterocycles. The molecule has 0 saturated carbocycles. The molecule has 0 bridgehead atoms. The largest absolute Gasteiger partial charge is 0.461 e. The molecule has 1 aromatic carbocycles. The first-order chi connectivity index (χ1) is 10.6. The van der Waals surface area contributed by atoms with Crippen molar-refractivity contribution in [3.8, 4) is 0 Å². The number of benzene rings is 1. The van der Waals surface area contributed by atoms with E-state index >= 15 is 0 Å². The van der Waals surface area contributed by atoms with Gasteiger partial charge in [0, 0.05) is 28.6 Å². The minimum Gasteiger partial charge on any atom is -0.461 e. The Kier molecular flexibility index (Phi) is 3.98. The van der Waals surface area contributed by atoms with Gasteiger partial charge in [0.15, 0.2) is 0 Å². The van der Waals surface area contributed by atoms with Gasteiger partial charge in [-0.15, -0.1) is 11.3 Å². The van der Waals surface area contributed by atoms with Crippen LogP contribution in [0.25, 0.3) is 10.1 Å². The summed E-state index contributed by atoms with van der Waals surface area (Å²) in [6.45, 7) is 4.21. The lowest BCUT2D eigenvalue weighted by atomic mass is 10.1. The van der Waals surface area contributed by atoms with Crippen molar-refractivity contribution in [1.29, 1.82) is 0 Å². The lowest BCUT2D eigenvalue weighted by molar-refractivity contribution is -0.144. The maximum absolute atomic E-state index is 12.1. The maximum atomic E-state index is 12.1. The van der Waals surface area contributed by atoms with E-state index in [-0.39, 0.29) is 12.4 Å². The summed E-state index contributed by atoms with van der Waals surface area (Å²) in [5.41, 5.74) is 3.92. The molecule has 0 aliphatic heterocycles. The molecule has 3 rings (SSSR count). The van der Waals surface area contributed by atoms with Gasteiger partial charge in [0.25, 0.3) is 0 Å². The number of rotatable bonds is 4. The zero-order chi connectivity index (χ0) is 15.7. The highest BCUT2D eigenvalue weighted by atomic mass is 32.1. The van der Waals surface area contributed by atoms with Crippen LogP contribution in [0.5, 0.6) is 0 Å². The van der Waals surface area contributed by atoms with Crippen LogP contribution in [0.1, 0.15) is 22.5 Å². The van der Waals surface area contributed by atoms with Crippen molar-refractivity contribution < 1.29 is 9.53 Å². The number of ether oxygens (including phenoxy) is 1. The third kappa shape index (κ3) is 2.76. The molecule has 5 heteroatoms. The Labute approximate surface area is 133 Å². The van der Waals surface area contributed by atoms with Crippen molar-refractivity contribution in [2.24, 2.45) is 7.05 Å². The number of carbonyl (C=O) groups excluding carboxylic acids is 1. The predicted octanol–water partition coefficient (Wildman–Crippen LogP) is 3.54. The van der Waals surface area contributed by atoms with Crippen LogP contribution in [0, 0.1) is 13.8 Å². The molecule has 2 heterocycles. The average Bonchev–Trinajstić information content (AvgIpc) is 3.02. The van der Waals surface area contributed by atoms with Crippen molar-refractivity contribution in [1.82, 2.24) is 9.78 Å². The van der Waals surface area contributed by atoms with Gasteiger partial charge in [-0.3, -0.25) is 9.48 Å². The lowest BCUT2D eigenvalue weighted by Gasteiger charge is -2.05. The first-order valence-corrected chi connectivity index (χ1v) is 8.04. The van der Waals surface area contributed by atoms with Crippen LogP contribution < -0.4 is 0 Å². The minimum atomic E-state index is -0.213. The van der Waals surface area contributed by atoms with Gasteiger partial charge < -0.3 is 4.74 Å². The van der Waals surface area contributed by atoms with E-state index in [1.54, 1.807) is 16.0 Å². The van der Waals surface area contributed by atoms with E-state index in [2.05, 4.69) is 22.6 Å². The summed E-state index contributed by atoms with van der Waals surface area (Å²) >= 11 is 1.67. The molecule has 3 aromatic rings.